The van der Waals surface area contributed by atoms with Crippen LogP contribution >= 0.6 is 0 Å². The maximum absolute atomic E-state index is 11.6. The van der Waals surface area contributed by atoms with E-state index < -0.39 is 10.0 Å². The van der Waals surface area contributed by atoms with Crippen LogP contribution in [0.2, 0.25) is 0 Å². The molecule has 0 amide bonds. The Hall–Kier alpha value is -0.850. The van der Waals surface area contributed by atoms with Crippen LogP contribution in [-0.4, -0.2) is 21.5 Å². The third-order valence-electron chi connectivity index (χ3n) is 2.62. The highest BCUT2D eigenvalue weighted by Gasteiger charge is 2.23. The molecule has 2 rings (SSSR count). The van der Waals surface area contributed by atoms with Crippen LogP contribution in [0.5, 0.6) is 0 Å². The fourth-order valence-electron chi connectivity index (χ4n) is 1.52. The van der Waals surface area contributed by atoms with E-state index in [1.54, 1.807) is 13.0 Å². The summed E-state index contributed by atoms with van der Waals surface area (Å²) in [6.45, 7) is 2.25. The molecule has 0 bridgehead atoms. The molecule has 1 fully saturated rings. The first-order chi connectivity index (χ1) is 7.53. The molecule has 1 aliphatic carbocycles. The summed E-state index contributed by atoms with van der Waals surface area (Å²) in [5.74, 6) is 1.10. The van der Waals surface area contributed by atoms with Crippen molar-refractivity contribution in [2.75, 3.05) is 7.05 Å². The molecule has 0 atom stereocenters. The topological polar surface area (TPSA) is 71.3 Å². The lowest BCUT2D eigenvalue weighted by atomic mass is 10.4. The number of sulfonamides is 1. The maximum atomic E-state index is 11.6. The molecule has 5 nitrogen and oxygen atoms in total. The predicted molar refractivity (Wildman–Crippen MR) is 59.6 cm³/mol. The molecule has 0 aliphatic heterocycles. The normalized spacial score (nSPS) is 16.6. The smallest absolute Gasteiger partial charge is 0.243 e. The Labute approximate surface area is 95.3 Å². The first kappa shape index (κ1) is 11.6. The molecule has 1 aromatic rings. The Balaban J connectivity index is 2.14. The fourth-order valence-corrected chi connectivity index (χ4v) is 2.45. The number of furan rings is 1. The third-order valence-corrected chi connectivity index (χ3v) is 4.15. The van der Waals surface area contributed by atoms with Gasteiger partial charge in [0.05, 0.1) is 6.54 Å². The second-order valence-corrected chi connectivity index (χ2v) is 5.85. The van der Waals surface area contributed by atoms with Crippen molar-refractivity contribution >= 4 is 10.0 Å². The molecule has 1 aliphatic rings. The van der Waals surface area contributed by atoms with Gasteiger partial charge in [-0.15, -0.1) is 0 Å². The molecule has 1 heterocycles. The Morgan fingerprint density at radius 3 is 2.75 bits per heavy atom. The molecule has 1 aromatic heterocycles. The summed E-state index contributed by atoms with van der Waals surface area (Å²) >= 11 is 0. The molecule has 90 valence electrons. The van der Waals surface area contributed by atoms with E-state index >= 15 is 0 Å². The van der Waals surface area contributed by atoms with Crippen molar-refractivity contribution in [3.05, 3.63) is 17.6 Å². The Morgan fingerprint density at radius 1 is 1.50 bits per heavy atom. The highest BCUT2D eigenvalue weighted by molar-refractivity contribution is 7.89. The summed E-state index contributed by atoms with van der Waals surface area (Å²) in [7, 11) is -2.01. The lowest BCUT2D eigenvalue weighted by molar-refractivity contribution is 0.456. The molecular formula is C10H16N2O3S. The second kappa shape index (κ2) is 4.20. The van der Waals surface area contributed by atoms with Gasteiger partial charge in [0, 0.05) is 12.1 Å². The van der Waals surface area contributed by atoms with Gasteiger partial charge in [0.25, 0.3) is 0 Å². The van der Waals surface area contributed by atoms with Gasteiger partial charge in [0.2, 0.25) is 10.0 Å². The van der Waals surface area contributed by atoms with E-state index in [9.17, 15) is 8.42 Å². The number of nitrogens with one attached hydrogen (secondary N) is 2. The van der Waals surface area contributed by atoms with Gasteiger partial charge in [-0.25, -0.2) is 13.1 Å². The van der Waals surface area contributed by atoms with Crippen LogP contribution in [0.25, 0.3) is 0 Å². The highest BCUT2D eigenvalue weighted by Crippen LogP contribution is 2.22. The summed E-state index contributed by atoms with van der Waals surface area (Å²) in [6.07, 6.45) is 2.39. The van der Waals surface area contributed by atoms with Gasteiger partial charge in [-0.1, -0.05) is 0 Å². The molecule has 1 saturated carbocycles. The molecular weight excluding hydrogens is 228 g/mol. The van der Waals surface area contributed by atoms with Crippen LogP contribution in [0.3, 0.4) is 0 Å². The minimum Gasteiger partial charge on any atom is -0.464 e. The Morgan fingerprint density at radius 2 is 2.19 bits per heavy atom. The lowest BCUT2D eigenvalue weighted by Gasteiger charge is -1.97. The van der Waals surface area contributed by atoms with Gasteiger partial charge in [0.1, 0.15) is 16.4 Å². The number of hydrogen-bond acceptors (Lipinski definition) is 4. The quantitative estimate of drug-likeness (QED) is 0.801. The third kappa shape index (κ3) is 2.45. The van der Waals surface area contributed by atoms with Crippen molar-refractivity contribution in [3.63, 3.8) is 0 Å². The van der Waals surface area contributed by atoms with Crippen LogP contribution in [0.4, 0.5) is 0 Å². The van der Waals surface area contributed by atoms with Crippen LogP contribution < -0.4 is 10.0 Å². The summed E-state index contributed by atoms with van der Waals surface area (Å²) in [6, 6.07) is 2.16. The first-order valence-electron chi connectivity index (χ1n) is 5.29. The standard InChI is InChI=1S/C10H16N2O3S/c1-7-10(16(13,14)11-2)5-9(15-7)6-12-8-3-4-8/h5,8,11-12H,3-4,6H2,1-2H3. The molecule has 0 aromatic carbocycles. The van der Waals surface area contributed by atoms with Crippen LogP contribution in [0.15, 0.2) is 15.4 Å². The molecule has 0 spiro atoms. The van der Waals surface area contributed by atoms with Crippen molar-refractivity contribution < 1.29 is 12.8 Å². The Bertz CT molecular complexity index is 474. The van der Waals surface area contributed by atoms with E-state index in [0.717, 1.165) is 0 Å². The van der Waals surface area contributed by atoms with Gasteiger partial charge in [-0.05, 0) is 26.8 Å². The zero-order valence-electron chi connectivity index (χ0n) is 9.41. The molecule has 0 radical (unpaired) electrons. The average molecular weight is 244 g/mol. The molecule has 0 saturated heterocycles. The van der Waals surface area contributed by atoms with Crippen LogP contribution in [0.1, 0.15) is 24.4 Å². The lowest BCUT2D eigenvalue weighted by Crippen LogP contribution is -2.18. The van der Waals surface area contributed by atoms with Crippen LogP contribution in [0, 0.1) is 6.92 Å². The van der Waals surface area contributed by atoms with E-state index in [2.05, 4.69) is 10.0 Å². The number of rotatable bonds is 5. The van der Waals surface area contributed by atoms with E-state index in [0.29, 0.717) is 24.1 Å². The summed E-state index contributed by atoms with van der Waals surface area (Å²) in [5, 5.41) is 3.27. The largest absolute Gasteiger partial charge is 0.464 e. The highest BCUT2D eigenvalue weighted by atomic mass is 32.2. The monoisotopic (exact) mass is 244 g/mol. The second-order valence-electron chi connectivity index (χ2n) is 4.00. The van der Waals surface area contributed by atoms with Gasteiger partial charge < -0.3 is 9.73 Å². The SMILES string of the molecule is CNS(=O)(=O)c1cc(CNC2CC2)oc1C. The minimum absolute atomic E-state index is 0.225. The van der Waals surface area contributed by atoms with E-state index in [-0.39, 0.29) is 4.90 Å². The predicted octanol–water partition coefficient (Wildman–Crippen LogP) is 0.748. The van der Waals surface area contributed by atoms with Crippen LogP contribution in [-0.2, 0) is 16.6 Å². The average Bonchev–Trinajstić information content (AvgIpc) is 2.99. The van der Waals surface area contributed by atoms with Crippen molar-refractivity contribution in [1.29, 1.82) is 0 Å². The Kier molecular flexibility index (Phi) is 3.05. The molecule has 0 unspecified atom stereocenters. The molecule has 2 N–H and O–H groups in total. The van der Waals surface area contributed by atoms with Gasteiger partial charge in [0.15, 0.2) is 0 Å². The zero-order valence-corrected chi connectivity index (χ0v) is 10.2. The number of hydrogen-bond donors (Lipinski definition) is 2. The van der Waals surface area contributed by atoms with Crippen molar-refractivity contribution in [2.45, 2.75) is 37.2 Å². The summed E-state index contributed by atoms with van der Waals surface area (Å²) < 4.78 is 30.9. The van der Waals surface area contributed by atoms with Crippen molar-refractivity contribution in [1.82, 2.24) is 10.0 Å². The molecule has 16 heavy (non-hydrogen) atoms. The summed E-state index contributed by atoms with van der Waals surface area (Å²) in [4.78, 5) is 0.225. The van der Waals surface area contributed by atoms with E-state index in [1.807, 2.05) is 0 Å². The first-order valence-corrected chi connectivity index (χ1v) is 6.77. The van der Waals surface area contributed by atoms with Crippen molar-refractivity contribution in [3.8, 4) is 0 Å². The minimum atomic E-state index is -3.40. The van der Waals surface area contributed by atoms with E-state index in [1.165, 1.54) is 19.9 Å². The number of aryl methyl sites for hydroxylation is 1. The molecule has 6 heteroatoms. The van der Waals surface area contributed by atoms with Crippen molar-refractivity contribution in [2.24, 2.45) is 0 Å². The van der Waals surface area contributed by atoms with Gasteiger partial charge in [-0.3, -0.25) is 0 Å². The maximum Gasteiger partial charge on any atom is 0.243 e. The summed E-state index contributed by atoms with van der Waals surface area (Å²) in [5.41, 5.74) is 0. The van der Waals surface area contributed by atoms with Gasteiger partial charge in [-0.2, -0.15) is 0 Å². The van der Waals surface area contributed by atoms with E-state index in [4.69, 9.17) is 4.42 Å². The zero-order chi connectivity index (χ0) is 11.8. The van der Waals surface area contributed by atoms with Gasteiger partial charge >= 0.3 is 0 Å². The fraction of sp³-hybridized carbons (Fsp3) is 0.600.